The summed E-state index contributed by atoms with van der Waals surface area (Å²) in [6.45, 7) is 3.66. The first kappa shape index (κ1) is 21.3. The highest BCUT2D eigenvalue weighted by Crippen LogP contribution is 2.71. The van der Waals surface area contributed by atoms with E-state index in [1.807, 2.05) is 19.9 Å². The molecule has 0 spiro atoms. The van der Waals surface area contributed by atoms with Crippen LogP contribution in [0.2, 0.25) is 0 Å². The number of oxazole rings is 1. The van der Waals surface area contributed by atoms with Crippen LogP contribution in [0.1, 0.15) is 47.4 Å². The van der Waals surface area contributed by atoms with E-state index in [-0.39, 0.29) is 11.6 Å². The fourth-order valence-electron chi connectivity index (χ4n) is 4.45. The third-order valence-electron chi connectivity index (χ3n) is 6.17. The minimum atomic E-state index is -0.963. The molecule has 9 heteroatoms. The number of benzene rings is 1. The summed E-state index contributed by atoms with van der Waals surface area (Å²) in [5.74, 6) is 0.131. The zero-order chi connectivity index (χ0) is 23.4. The van der Waals surface area contributed by atoms with Crippen LogP contribution in [0.15, 0.2) is 52.1 Å². The molecule has 2 N–H and O–H groups in total. The number of rotatable bonds is 4. The van der Waals surface area contributed by atoms with Crippen LogP contribution in [0.4, 0.5) is 8.78 Å². The van der Waals surface area contributed by atoms with E-state index in [0.29, 0.717) is 39.9 Å². The van der Waals surface area contributed by atoms with Crippen molar-refractivity contribution in [1.82, 2.24) is 9.97 Å². The molecule has 3 heterocycles. The van der Waals surface area contributed by atoms with Crippen LogP contribution in [0, 0.1) is 30.0 Å². The molecule has 0 amide bonds. The number of halogens is 2. The normalized spacial score (nSPS) is 26.3. The maximum atomic E-state index is 15.1. The largest absolute Gasteiger partial charge is 0.444 e. The Morgan fingerprint density at radius 3 is 2.79 bits per heavy atom. The van der Waals surface area contributed by atoms with Gasteiger partial charge in [-0.3, -0.25) is 9.98 Å². The number of nitriles is 1. The van der Waals surface area contributed by atoms with Crippen LogP contribution in [-0.4, -0.2) is 15.1 Å². The molecule has 1 fully saturated rings. The number of hydrogen-bond acceptors (Lipinski definition) is 7. The first-order valence-electron chi connectivity index (χ1n) is 10.3. The maximum absolute atomic E-state index is 15.1. The van der Waals surface area contributed by atoms with Crippen molar-refractivity contribution >= 4 is 28.8 Å². The smallest absolute Gasteiger partial charge is 0.211 e. The maximum Gasteiger partial charge on any atom is 0.211 e. The lowest BCUT2D eigenvalue weighted by Gasteiger charge is -2.33. The number of aliphatic imine (C=N–C) groups is 1. The van der Waals surface area contributed by atoms with E-state index in [1.165, 1.54) is 48.3 Å². The van der Waals surface area contributed by atoms with Crippen molar-refractivity contribution in [2.24, 2.45) is 16.6 Å². The number of thioether (sulfide) groups is 1. The second-order valence-electron chi connectivity index (χ2n) is 8.40. The number of hydrogen-bond donors (Lipinski definition) is 1. The van der Waals surface area contributed by atoms with E-state index >= 15 is 4.39 Å². The van der Waals surface area contributed by atoms with Gasteiger partial charge in [-0.15, -0.1) is 0 Å². The van der Waals surface area contributed by atoms with E-state index < -0.39 is 21.9 Å². The minimum Gasteiger partial charge on any atom is -0.444 e. The van der Waals surface area contributed by atoms with Gasteiger partial charge >= 0.3 is 0 Å². The summed E-state index contributed by atoms with van der Waals surface area (Å²) in [4.78, 5) is 13.0. The second kappa shape index (κ2) is 7.52. The standard InChI is InChI=1S/C24H19F2N5OS/c1-13-11-30-21(32-13)24-9-20(24)23(2,31-22(28)33-24)16-7-14(3-5-17(16)25)8-18(26)19-6-4-15(10-27)12-29-19/h3-8,11-12,20H,9H2,1-2H3,(H2,28,31)/b18-8-/t20-,23+,24-/m0/s1. The number of amidine groups is 1. The van der Waals surface area contributed by atoms with Crippen LogP contribution in [-0.2, 0) is 10.3 Å². The molecule has 33 heavy (non-hydrogen) atoms. The number of fused-ring (bicyclic) bond motifs is 1. The second-order valence-corrected chi connectivity index (χ2v) is 9.75. The van der Waals surface area contributed by atoms with Gasteiger partial charge in [-0.2, -0.15) is 5.26 Å². The van der Waals surface area contributed by atoms with Crippen LogP contribution in [0.3, 0.4) is 0 Å². The van der Waals surface area contributed by atoms with Gasteiger partial charge < -0.3 is 10.2 Å². The Balaban J connectivity index is 1.52. The third-order valence-corrected chi connectivity index (χ3v) is 7.46. The molecule has 0 bridgehead atoms. The molecule has 1 saturated carbocycles. The molecular weight excluding hydrogens is 444 g/mol. The van der Waals surface area contributed by atoms with Gasteiger partial charge in [-0.1, -0.05) is 17.8 Å². The first-order chi connectivity index (χ1) is 15.7. The molecule has 166 valence electrons. The summed E-state index contributed by atoms with van der Waals surface area (Å²) < 4.78 is 35.2. The van der Waals surface area contributed by atoms with E-state index in [2.05, 4.69) is 15.0 Å². The minimum absolute atomic E-state index is 0.0841. The van der Waals surface area contributed by atoms with Crippen molar-refractivity contribution in [2.75, 3.05) is 0 Å². The van der Waals surface area contributed by atoms with Crippen LogP contribution in [0.25, 0.3) is 11.9 Å². The Hall–Kier alpha value is -3.51. The highest BCUT2D eigenvalue weighted by molar-refractivity contribution is 8.14. The summed E-state index contributed by atoms with van der Waals surface area (Å²) in [7, 11) is 0. The van der Waals surface area contributed by atoms with Crippen LogP contribution in [0.5, 0.6) is 0 Å². The number of aromatic nitrogens is 2. The topological polar surface area (TPSA) is 101 Å². The number of pyridine rings is 1. The van der Waals surface area contributed by atoms with Crippen LogP contribution >= 0.6 is 11.8 Å². The SMILES string of the molecule is Cc1cnc([C@]23C[C@H]2[C@@](C)(c2cc(/C=C(\F)c4ccc(C#N)cn4)ccc2F)N=C(N)S3)o1. The number of nitrogens with two attached hydrogens (primary N) is 1. The summed E-state index contributed by atoms with van der Waals surface area (Å²) in [6, 6.07) is 9.25. The quantitative estimate of drug-likeness (QED) is 0.581. The Bertz CT molecular complexity index is 1360. The van der Waals surface area contributed by atoms with Gasteiger partial charge in [0.25, 0.3) is 0 Å². The molecule has 3 atom stereocenters. The predicted molar refractivity (Wildman–Crippen MR) is 122 cm³/mol. The molecule has 1 aliphatic carbocycles. The molecule has 1 aromatic carbocycles. The average molecular weight is 464 g/mol. The van der Waals surface area contributed by atoms with Gasteiger partial charge in [0.15, 0.2) is 5.17 Å². The lowest BCUT2D eigenvalue weighted by atomic mass is 9.84. The van der Waals surface area contributed by atoms with Gasteiger partial charge in [0.2, 0.25) is 5.89 Å². The highest BCUT2D eigenvalue weighted by atomic mass is 32.2. The molecule has 2 aromatic heterocycles. The summed E-state index contributed by atoms with van der Waals surface area (Å²) in [5, 5.41) is 9.21. The van der Waals surface area contributed by atoms with Crippen molar-refractivity contribution in [2.45, 2.75) is 30.6 Å². The van der Waals surface area contributed by atoms with Gasteiger partial charge in [0.05, 0.1) is 23.0 Å². The van der Waals surface area contributed by atoms with Crippen molar-refractivity contribution < 1.29 is 13.2 Å². The average Bonchev–Trinajstić information content (AvgIpc) is 3.39. The molecule has 3 aromatic rings. The van der Waals surface area contributed by atoms with Gasteiger partial charge in [0, 0.05) is 17.7 Å². The van der Waals surface area contributed by atoms with Gasteiger partial charge in [0.1, 0.15) is 28.2 Å². The first-order valence-corrected chi connectivity index (χ1v) is 11.1. The Morgan fingerprint density at radius 1 is 1.30 bits per heavy atom. The number of nitrogens with zero attached hydrogens (tertiary/aromatic N) is 4. The Kier molecular flexibility index (Phi) is 4.87. The summed E-state index contributed by atoms with van der Waals surface area (Å²) >= 11 is 1.39. The fraction of sp³-hybridized carbons (Fsp3) is 0.250. The van der Waals surface area contributed by atoms with Crippen molar-refractivity contribution in [1.29, 1.82) is 5.26 Å². The van der Waals surface area contributed by atoms with Crippen molar-refractivity contribution in [3.05, 3.63) is 82.6 Å². The van der Waals surface area contributed by atoms with E-state index in [1.54, 1.807) is 12.3 Å². The van der Waals surface area contributed by atoms with E-state index in [0.717, 1.165) is 0 Å². The van der Waals surface area contributed by atoms with Crippen molar-refractivity contribution in [3.63, 3.8) is 0 Å². The van der Waals surface area contributed by atoms with Crippen LogP contribution < -0.4 is 5.73 Å². The lowest BCUT2D eigenvalue weighted by Crippen LogP contribution is -2.35. The number of aryl methyl sites for hydroxylation is 1. The molecular formula is C24H19F2N5OS. The molecule has 0 saturated heterocycles. The molecule has 5 rings (SSSR count). The Morgan fingerprint density at radius 2 is 2.12 bits per heavy atom. The zero-order valence-electron chi connectivity index (χ0n) is 17.8. The molecule has 6 nitrogen and oxygen atoms in total. The van der Waals surface area contributed by atoms with Gasteiger partial charge in [-0.25, -0.2) is 13.8 Å². The monoisotopic (exact) mass is 463 g/mol. The van der Waals surface area contributed by atoms with E-state index in [9.17, 15) is 4.39 Å². The van der Waals surface area contributed by atoms with Crippen molar-refractivity contribution in [3.8, 4) is 6.07 Å². The highest BCUT2D eigenvalue weighted by Gasteiger charge is 2.70. The lowest BCUT2D eigenvalue weighted by molar-refractivity contribution is 0.368. The third kappa shape index (κ3) is 3.51. The molecule has 2 aliphatic rings. The molecule has 0 radical (unpaired) electrons. The van der Waals surface area contributed by atoms with Gasteiger partial charge in [-0.05, 0) is 56.2 Å². The predicted octanol–water partition coefficient (Wildman–Crippen LogP) is 5.05. The Labute approximate surface area is 193 Å². The van der Waals surface area contributed by atoms with E-state index in [4.69, 9.17) is 15.4 Å². The zero-order valence-corrected chi connectivity index (χ0v) is 18.7. The molecule has 1 aliphatic heterocycles. The summed E-state index contributed by atoms with van der Waals surface area (Å²) in [5.41, 5.74) is 6.43. The fourth-order valence-corrected chi connectivity index (χ4v) is 5.86. The summed E-state index contributed by atoms with van der Waals surface area (Å²) in [6.07, 6.45) is 4.92. The molecule has 0 unspecified atom stereocenters.